The minimum atomic E-state index is -5.52. The second-order valence-electron chi connectivity index (χ2n) is 4.16. The molecule has 0 aromatic heterocycles. The van der Waals surface area contributed by atoms with E-state index in [4.69, 9.17) is 0 Å². The van der Waals surface area contributed by atoms with E-state index in [9.17, 15) is 21.6 Å². The van der Waals surface area contributed by atoms with Crippen LogP contribution < -0.4 is 4.90 Å². The summed E-state index contributed by atoms with van der Waals surface area (Å²) >= 11 is 0. The summed E-state index contributed by atoms with van der Waals surface area (Å²) in [6, 6.07) is 4.63. The number of benzene rings is 1. The van der Waals surface area contributed by atoms with Gasteiger partial charge in [0, 0.05) is 18.8 Å². The zero-order valence-electron chi connectivity index (χ0n) is 11.4. The minimum Gasteiger partial charge on any atom is -0.569 e. The topological polar surface area (TPSA) is 51.5 Å². The van der Waals surface area contributed by atoms with Crippen molar-refractivity contribution in [3.63, 3.8) is 0 Å². The van der Waals surface area contributed by atoms with Gasteiger partial charge in [0.25, 0.3) is 0 Å². The number of sulfonamides is 1. The summed E-state index contributed by atoms with van der Waals surface area (Å²) < 4.78 is 62.1. The first-order valence-corrected chi connectivity index (χ1v) is 7.46. The van der Waals surface area contributed by atoms with Crippen LogP contribution in [0.25, 0.3) is 4.72 Å². The van der Waals surface area contributed by atoms with Crippen molar-refractivity contribution < 1.29 is 21.6 Å². The largest absolute Gasteiger partial charge is 0.569 e. The minimum absolute atomic E-state index is 0.188. The van der Waals surface area contributed by atoms with E-state index < -0.39 is 15.5 Å². The van der Waals surface area contributed by atoms with E-state index in [1.54, 1.807) is 12.1 Å². The standard InChI is InChI=1S/C12H16F3N2O2S/c1-4-17(5-2)10-7-6-9(3)11(8-10)16-20(18,19)12(13,14)15/h6-8H,4-5H2,1-3H3/q-1. The van der Waals surface area contributed by atoms with Gasteiger partial charge in [0.1, 0.15) is 0 Å². The van der Waals surface area contributed by atoms with Crippen LogP contribution in [-0.2, 0) is 10.0 Å². The fraction of sp³-hybridized carbons (Fsp3) is 0.500. The maximum Gasteiger partial charge on any atom is 0.483 e. The molecule has 1 rings (SSSR count). The molecule has 0 saturated heterocycles. The molecule has 0 aliphatic carbocycles. The lowest BCUT2D eigenvalue weighted by Gasteiger charge is -2.28. The molecule has 0 radical (unpaired) electrons. The van der Waals surface area contributed by atoms with Crippen molar-refractivity contribution in [2.24, 2.45) is 0 Å². The molecule has 0 heterocycles. The third-order valence-electron chi connectivity index (χ3n) is 2.83. The first-order valence-electron chi connectivity index (χ1n) is 6.02. The Balaban J connectivity index is 3.17. The molecular weight excluding hydrogens is 293 g/mol. The first-order chi connectivity index (χ1) is 9.12. The predicted octanol–water partition coefficient (Wildman–Crippen LogP) is 3.70. The zero-order valence-corrected chi connectivity index (χ0v) is 12.2. The van der Waals surface area contributed by atoms with Crippen molar-refractivity contribution in [1.82, 2.24) is 0 Å². The van der Waals surface area contributed by atoms with Gasteiger partial charge in [-0.1, -0.05) is 17.7 Å². The molecular formula is C12H16F3N2O2S-. The quantitative estimate of drug-likeness (QED) is 0.833. The molecule has 1 aromatic rings. The van der Waals surface area contributed by atoms with E-state index in [1.165, 1.54) is 13.0 Å². The Labute approximate surface area is 116 Å². The number of hydrogen-bond donors (Lipinski definition) is 0. The van der Waals surface area contributed by atoms with Crippen molar-refractivity contribution in [3.8, 4) is 0 Å². The van der Waals surface area contributed by atoms with Crippen LogP contribution in [0.1, 0.15) is 19.4 Å². The molecule has 0 spiro atoms. The maximum absolute atomic E-state index is 12.4. The first kappa shape index (κ1) is 16.6. The van der Waals surface area contributed by atoms with Gasteiger partial charge in [0.05, 0.1) is 0 Å². The van der Waals surface area contributed by atoms with Crippen LogP contribution in [0, 0.1) is 6.92 Å². The third kappa shape index (κ3) is 3.56. The van der Waals surface area contributed by atoms with Gasteiger partial charge in [-0.05, 0) is 26.8 Å². The fourth-order valence-electron chi connectivity index (χ4n) is 1.66. The van der Waals surface area contributed by atoms with Gasteiger partial charge in [-0.15, -0.1) is 5.69 Å². The highest BCUT2D eigenvalue weighted by Crippen LogP contribution is 2.37. The number of alkyl halides is 3. The number of halogens is 3. The smallest absolute Gasteiger partial charge is 0.483 e. The second-order valence-corrected chi connectivity index (χ2v) is 5.75. The molecule has 0 atom stereocenters. The van der Waals surface area contributed by atoms with Gasteiger partial charge in [0.15, 0.2) is 10.0 Å². The average Bonchev–Trinajstić information content (AvgIpc) is 2.33. The predicted molar refractivity (Wildman–Crippen MR) is 72.7 cm³/mol. The van der Waals surface area contributed by atoms with E-state index in [0.717, 1.165) is 0 Å². The average molecular weight is 309 g/mol. The van der Waals surface area contributed by atoms with Gasteiger partial charge in [-0.3, -0.25) is 0 Å². The molecule has 1 aromatic carbocycles. The molecule has 20 heavy (non-hydrogen) atoms. The fourth-order valence-corrected chi connectivity index (χ4v) is 2.22. The summed E-state index contributed by atoms with van der Waals surface area (Å²) in [4.78, 5) is 1.89. The number of anilines is 1. The highest BCUT2D eigenvalue weighted by Gasteiger charge is 2.39. The van der Waals surface area contributed by atoms with Crippen LogP contribution in [0.2, 0.25) is 0 Å². The van der Waals surface area contributed by atoms with Gasteiger partial charge >= 0.3 is 5.51 Å². The molecule has 0 unspecified atom stereocenters. The van der Waals surface area contributed by atoms with E-state index in [1.807, 2.05) is 18.7 Å². The monoisotopic (exact) mass is 309 g/mol. The second kappa shape index (κ2) is 5.90. The number of rotatable bonds is 5. The molecule has 4 nitrogen and oxygen atoms in total. The van der Waals surface area contributed by atoms with Crippen molar-refractivity contribution in [2.45, 2.75) is 26.3 Å². The summed E-state index contributed by atoms with van der Waals surface area (Å²) in [6.45, 7) is 6.62. The molecule has 0 fully saturated rings. The van der Waals surface area contributed by atoms with E-state index >= 15 is 0 Å². The molecule has 0 saturated carbocycles. The van der Waals surface area contributed by atoms with Crippen LogP contribution >= 0.6 is 0 Å². The summed E-state index contributed by atoms with van der Waals surface area (Å²) in [5, 5.41) is 0. The van der Waals surface area contributed by atoms with Crippen molar-refractivity contribution in [2.75, 3.05) is 18.0 Å². The summed E-state index contributed by atoms with van der Waals surface area (Å²) in [5.74, 6) is 0. The van der Waals surface area contributed by atoms with Gasteiger partial charge in [0.2, 0.25) is 0 Å². The normalized spacial score (nSPS) is 12.3. The Bertz CT molecular complexity index is 567. The molecule has 0 N–H and O–H groups in total. The van der Waals surface area contributed by atoms with Crippen LogP contribution in [0.3, 0.4) is 0 Å². The van der Waals surface area contributed by atoms with Crippen LogP contribution in [0.15, 0.2) is 18.2 Å². The van der Waals surface area contributed by atoms with Gasteiger partial charge < -0.3 is 9.62 Å². The van der Waals surface area contributed by atoms with Gasteiger partial charge in [-0.2, -0.15) is 13.2 Å². The Morgan fingerprint density at radius 3 is 2.20 bits per heavy atom. The van der Waals surface area contributed by atoms with Crippen molar-refractivity contribution in [1.29, 1.82) is 0 Å². The lowest BCUT2D eigenvalue weighted by atomic mass is 10.1. The molecule has 0 bridgehead atoms. The Morgan fingerprint density at radius 2 is 1.75 bits per heavy atom. The van der Waals surface area contributed by atoms with Crippen LogP contribution in [-0.4, -0.2) is 27.0 Å². The third-order valence-corrected chi connectivity index (χ3v) is 3.85. The summed E-state index contributed by atoms with van der Waals surface area (Å²) in [7, 11) is -5.52. The highest BCUT2D eigenvalue weighted by atomic mass is 32.2. The highest BCUT2D eigenvalue weighted by molar-refractivity contribution is 7.95. The van der Waals surface area contributed by atoms with E-state index in [0.29, 0.717) is 24.3 Å². The van der Waals surface area contributed by atoms with E-state index in [-0.39, 0.29) is 5.69 Å². The number of aryl methyl sites for hydroxylation is 1. The Kier molecular flexibility index (Phi) is 4.90. The van der Waals surface area contributed by atoms with Crippen molar-refractivity contribution in [3.05, 3.63) is 28.5 Å². The lowest BCUT2D eigenvalue weighted by molar-refractivity contribution is -0.0425. The summed E-state index contributed by atoms with van der Waals surface area (Å²) in [6.07, 6.45) is 0. The van der Waals surface area contributed by atoms with E-state index in [2.05, 4.69) is 4.72 Å². The van der Waals surface area contributed by atoms with Crippen molar-refractivity contribution >= 4 is 21.4 Å². The molecule has 114 valence electrons. The SMILES string of the molecule is CCN(CC)c1ccc(C)c([N-]S(=O)(=O)C(F)(F)F)c1. The molecule has 8 heteroatoms. The molecule has 0 aliphatic rings. The molecule has 0 aliphatic heterocycles. The molecule has 0 amide bonds. The number of hydrogen-bond acceptors (Lipinski definition) is 3. The Morgan fingerprint density at radius 1 is 1.20 bits per heavy atom. The summed E-state index contributed by atoms with van der Waals surface area (Å²) in [5.41, 5.74) is -4.57. The van der Waals surface area contributed by atoms with Crippen LogP contribution in [0.4, 0.5) is 24.5 Å². The van der Waals surface area contributed by atoms with Crippen LogP contribution in [0.5, 0.6) is 0 Å². The lowest BCUT2D eigenvalue weighted by Crippen LogP contribution is -2.22. The zero-order chi connectivity index (χ0) is 15.6. The Hall–Kier alpha value is -1.44. The maximum atomic E-state index is 12.4. The number of nitrogens with zero attached hydrogens (tertiary/aromatic N) is 2. The van der Waals surface area contributed by atoms with Gasteiger partial charge in [-0.25, -0.2) is 8.42 Å².